The summed E-state index contributed by atoms with van der Waals surface area (Å²) in [5.74, 6) is -0.372. The topological polar surface area (TPSA) is 75.4 Å². The summed E-state index contributed by atoms with van der Waals surface area (Å²) in [6.45, 7) is 1.89. The Labute approximate surface area is 168 Å². The number of anilines is 2. The number of piperidine rings is 1. The maximum atomic E-state index is 12.5. The van der Waals surface area contributed by atoms with E-state index in [4.69, 9.17) is 17.3 Å². The Morgan fingerprint density at radius 3 is 2.44 bits per heavy atom. The van der Waals surface area contributed by atoms with Crippen molar-refractivity contribution >= 4 is 46.6 Å². The number of nitrogens with zero attached hydrogens (tertiary/aromatic N) is 1. The highest BCUT2D eigenvalue weighted by Crippen LogP contribution is 2.30. The lowest BCUT2D eigenvalue weighted by Crippen LogP contribution is -2.30. The number of hydrogen-bond acceptors (Lipinski definition) is 4. The van der Waals surface area contributed by atoms with Crippen molar-refractivity contribution in [2.45, 2.75) is 24.2 Å². The molecule has 2 aromatic rings. The fourth-order valence-corrected chi connectivity index (χ4v) is 3.89. The summed E-state index contributed by atoms with van der Waals surface area (Å²) in [4.78, 5) is 27.2. The number of primary amides is 1. The summed E-state index contributed by atoms with van der Waals surface area (Å²) in [6, 6.07) is 12.6. The molecule has 0 bridgehead atoms. The lowest BCUT2D eigenvalue weighted by atomic mass is 10.1. The summed E-state index contributed by atoms with van der Waals surface area (Å²) >= 11 is 7.31. The molecule has 5 nitrogen and oxygen atoms in total. The molecule has 1 fully saturated rings. The molecule has 0 unspecified atom stereocenters. The number of amides is 2. The van der Waals surface area contributed by atoms with Gasteiger partial charge in [0.25, 0.3) is 0 Å². The van der Waals surface area contributed by atoms with E-state index < -0.39 is 5.91 Å². The predicted octanol–water partition coefficient (Wildman–Crippen LogP) is 4.16. The molecule has 3 rings (SSSR count). The van der Waals surface area contributed by atoms with Gasteiger partial charge >= 0.3 is 0 Å². The van der Waals surface area contributed by atoms with E-state index in [1.165, 1.54) is 18.2 Å². The number of hydrogen-bond donors (Lipinski definition) is 2. The Kier molecular flexibility index (Phi) is 6.63. The summed E-state index contributed by atoms with van der Waals surface area (Å²) in [6.07, 6.45) is 3.46. The van der Waals surface area contributed by atoms with Gasteiger partial charge in [-0.3, -0.25) is 9.59 Å². The minimum absolute atomic E-state index is 0.130. The van der Waals surface area contributed by atoms with Crippen molar-refractivity contribution < 1.29 is 9.59 Å². The molecule has 3 N–H and O–H groups in total. The second-order valence-electron chi connectivity index (χ2n) is 6.43. The van der Waals surface area contributed by atoms with Crippen LogP contribution in [0.4, 0.5) is 11.4 Å². The third-order valence-corrected chi connectivity index (χ3v) is 5.70. The molecule has 0 aromatic heterocycles. The van der Waals surface area contributed by atoms with E-state index in [1.54, 1.807) is 24.3 Å². The molecule has 0 radical (unpaired) electrons. The van der Waals surface area contributed by atoms with Crippen LogP contribution in [-0.4, -0.2) is 30.7 Å². The van der Waals surface area contributed by atoms with E-state index in [-0.39, 0.29) is 11.7 Å². The second kappa shape index (κ2) is 9.15. The molecule has 2 aromatic carbocycles. The highest BCUT2D eigenvalue weighted by molar-refractivity contribution is 8.00. The number of benzene rings is 2. The molecule has 0 aliphatic carbocycles. The van der Waals surface area contributed by atoms with Crippen LogP contribution in [0.2, 0.25) is 5.02 Å². The minimum atomic E-state index is -0.508. The third-order valence-electron chi connectivity index (χ3n) is 4.44. The van der Waals surface area contributed by atoms with Crippen LogP contribution >= 0.6 is 23.4 Å². The average Bonchev–Trinajstić information content (AvgIpc) is 2.68. The van der Waals surface area contributed by atoms with Gasteiger partial charge in [0, 0.05) is 28.6 Å². The third kappa shape index (κ3) is 5.40. The highest BCUT2D eigenvalue weighted by Gasteiger charge is 2.17. The maximum Gasteiger partial charge on any atom is 0.248 e. The van der Waals surface area contributed by atoms with Crippen LogP contribution in [0.25, 0.3) is 0 Å². The molecule has 7 heteroatoms. The monoisotopic (exact) mass is 403 g/mol. The molecular weight excluding hydrogens is 382 g/mol. The molecule has 1 aliphatic rings. The van der Waals surface area contributed by atoms with Crippen LogP contribution in [-0.2, 0) is 4.79 Å². The van der Waals surface area contributed by atoms with Gasteiger partial charge < -0.3 is 16.0 Å². The van der Waals surface area contributed by atoms with Gasteiger partial charge in [-0.25, -0.2) is 0 Å². The number of carbonyl (C=O) groups is 2. The first kappa shape index (κ1) is 19.6. The quantitative estimate of drug-likeness (QED) is 0.710. The van der Waals surface area contributed by atoms with Crippen LogP contribution in [0.15, 0.2) is 47.4 Å². The standard InChI is InChI=1S/C20H22ClN3O2S/c21-15-5-7-16(8-6-15)27-13-19(25)23-17-12-14(20(22)26)4-9-18(17)24-10-2-1-3-11-24/h4-9,12H,1-3,10-11,13H2,(H2,22,26)(H,23,25). The van der Waals surface area contributed by atoms with Crippen molar-refractivity contribution in [1.82, 2.24) is 0 Å². The molecular formula is C20H22ClN3O2S. The first-order valence-electron chi connectivity index (χ1n) is 8.90. The molecule has 0 atom stereocenters. The van der Waals surface area contributed by atoms with Crippen molar-refractivity contribution in [2.24, 2.45) is 5.73 Å². The molecule has 27 heavy (non-hydrogen) atoms. The number of rotatable bonds is 6. The lowest BCUT2D eigenvalue weighted by molar-refractivity contribution is -0.113. The van der Waals surface area contributed by atoms with Crippen LogP contribution < -0.4 is 16.0 Å². The zero-order valence-corrected chi connectivity index (χ0v) is 16.5. The summed E-state index contributed by atoms with van der Waals surface area (Å²) in [7, 11) is 0. The normalized spacial score (nSPS) is 14.0. The molecule has 1 heterocycles. The zero-order valence-electron chi connectivity index (χ0n) is 14.9. The highest BCUT2D eigenvalue weighted by atomic mass is 35.5. The van der Waals surface area contributed by atoms with Gasteiger partial charge in [0.15, 0.2) is 0 Å². The van der Waals surface area contributed by atoms with Gasteiger partial charge in [-0.2, -0.15) is 0 Å². The van der Waals surface area contributed by atoms with Crippen LogP contribution in [0, 0.1) is 0 Å². The smallest absolute Gasteiger partial charge is 0.248 e. The van der Waals surface area contributed by atoms with Crippen LogP contribution in [0.5, 0.6) is 0 Å². The van der Waals surface area contributed by atoms with E-state index in [1.807, 2.05) is 18.2 Å². The van der Waals surface area contributed by atoms with Gasteiger partial charge in [0.2, 0.25) is 11.8 Å². The van der Waals surface area contributed by atoms with Gasteiger partial charge in [-0.1, -0.05) is 11.6 Å². The molecule has 1 aliphatic heterocycles. The van der Waals surface area contributed by atoms with Gasteiger partial charge in [0.05, 0.1) is 17.1 Å². The maximum absolute atomic E-state index is 12.5. The summed E-state index contributed by atoms with van der Waals surface area (Å²) in [5, 5.41) is 3.61. The number of halogens is 1. The van der Waals surface area contributed by atoms with Crippen LogP contribution in [0.3, 0.4) is 0 Å². The van der Waals surface area contributed by atoms with E-state index in [9.17, 15) is 9.59 Å². The van der Waals surface area contributed by atoms with E-state index in [0.717, 1.165) is 36.5 Å². The van der Waals surface area contributed by atoms with Gasteiger partial charge in [-0.15, -0.1) is 11.8 Å². The average molecular weight is 404 g/mol. The molecule has 142 valence electrons. The van der Waals surface area contributed by atoms with Crippen LogP contribution in [0.1, 0.15) is 29.6 Å². The minimum Gasteiger partial charge on any atom is -0.370 e. The Balaban J connectivity index is 1.72. The first-order valence-corrected chi connectivity index (χ1v) is 10.3. The molecule has 2 amide bonds. The lowest BCUT2D eigenvalue weighted by Gasteiger charge is -2.30. The van der Waals surface area contributed by atoms with Crippen molar-refractivity contribution in [1.29, 1.82) is 0 Å². The summed E-state index contributed by atoms with van der Waals surface area (Å²) < 4.78 is 0. The van der Waals surface area contributed by atoms with Gasteiger partial charge in [-0.05, 0) is 61.7 Å². The first-order chi connectivity index (χ1) is 13.0. The fraction of sp³-hybridized carbons (Fsp3) is 0.300. The zero-order chi connectivity index (χ0) is 19.2. The Hall–Kier alpha value is -2.18. The largest absolute Gasteiger partial charge is 0.370 e. The molecule has 0 saturated carbocycles. The van der Waals surface area contributed by atoms with E-state index >= 15 is 0 Å². The predicted molar refractivity (Wildman–Crippen MR) is 112 cm³/mol. The Bertz CT molecular complexity index is 820. The van der Waals surface area contributed by atoms with Gasteiger partial charge in [0.1, 0.15) is 0 Å². The number of nitrogens with two attached hydrogens (primary N) is 1. The Morgan fingerprint density at radius 1 is 1.07 bits per heavy atom. The second-order valence-corrected chi connectivity index (χ2v) is 7.92. The van der Waals surface area contributed by atoms with E-state index in [0.29, 0.717) is 16.3 Å². The van der Waals surface area contributed by atoms with Crippen molar-refractivity contribution in [3.8, 4) is 0 Å². The number of thioether (sulfide) groups is 1. The molecule has 0 spiro atoms. The number of nitrogens with one attached hydrogen (secondary N) is 1. The van der Waals surface area contributed by atoms with E-state index in [2.05, 4.69) is 10.2 Å². The van der Waals surface area contributed by atoms with Crippen molar-refractivity contribution in [3.63, 3.8) is 0 Å². The summed E-state index contributed by atoms with van der Waals surface area (Å²) in [5.41, 5.74) is 7.36. The molecule has 1 saturated heterocycles. The Morgan fingerprint density at radius 2 is 1.78 bits per heavy atom. The number of carbonyl (C=O) groups excluding carboxylic acids is 2. The van der Waals surface area contributed by atoms with Crippen molar-refractivity contribution in [3.05, 3.63) is 53.1 Å². The van der Waals surface area contributed by atoms with Crippen molar-refractivity contribution in [2.75, 3.05) is 29.1 Å². The fourth-order valence-electron chi connectivity index (χ4n) is 3.07. The SMILES string of the molecule is NC(=O)c1ccc(N2CCCCC2)c(NC(=O)CSc2ccc(Cl)cc2)c1.